The molecule has 76 valence electrons. The van der Waals surface area contributed by atoms with Crippen LogP contribution in [0.3, 0.4) is 0 Å². The third-order valence-electron chi connectivity index (χ3n) is 1.80. The van der Waals surface area contributed by atoms with Crippen LogP contribution in [0.15, 0.2) is 34.8 Å². The first-order chi connectivity index (χ1) is 6.74. The summed E-state index contributed by atoms with van der Waals surface area (Å²) in [6.07, 6.45) is 6.27. The van der Waals surface area contributed by atoms with Crippen molar-refractivity contribution < 1.29 is 0 Å². The third-order valence-corrected chi connectivity index (χ3v) is 3.10. The second-order valence-corrected chi connectivity index (χ2v) is 5.00. The van der Waals surface area contributed by atoms with Crippen molar-refractivity contribution >= 4 is 43.5 Å². The summed E-state index contributed by atoms with van der Waals surface area (Å²) in [5.41, 5.74) is 1.17. The topological polar surface area (TPSA) is 0 Å². The van der Waals surface area contributed by atoms with E-state index in [-0.39, 0.29) is 0 Å². The largest absolute Gasteiger partial charge is 0.0925 e. The first-order valence-electron chi connectivity index (χ1n) is 4.39. The van der Waals surface area contributed by atoms with Crippen molar-refractivity contribution in [2.24, 2.45) is 0 Å². The summed E-state index contributed by atoms with van der Waals surface area (Å²) in [4.78, 5) is 0. The lowest BCUT2D eigenvalue weighted by Crippen LogP contribution is -1.82. The molecule has 0 saturated heterocycles. The van der Waals surface area contributed by atoms with Crippen molar-refractivity contribution in [3.63, 3.8) is 0 Å². The molecular formula is C11H11Br2Cl. The fourth-order valence-corrected chi connectivity index (χ4v) is 2.09. The summed E-state index contributed by atoms with van der Waals surface area (Å²) in [6.45, 7) is 0. The molecule has 14 heavy (non-hydrogen) atoms. The Labute approximate surface area is 107 Å². The van der Waals surface area contributed by atoms with E-state index in [1.165, 1.54) is 5.56 Å². The Morgan fingerprint density at radius 2 is 2.07 bits per heavy atom. The summed E-state index contributed by atoms with van der Waals surface area (Å²) in [6, 6.07) is 5.99. The molecule has 0 unspecified atom stereocenters. The lowest BCUT2D eigenvalue weighted by Gasteiger charge is -2.00. The van der Waals surface area contributed by atoms with Crippen LogP contribution < -0.4 is 0 Å². The lowest BCUT2D eigenvalue weighted by atomic mass is 10.1. The highest BCUT2D eigenvalue weighted by atomic mass is 79.9. The van der Waals surface area contributed by atoms with Crippen LogP contribution in [-0.4, -0.2) is 5.33 Å². The van der Waals surface area contributed by atoms with Gasteiger partial charge in [0.2, 0.25) is 0 Å². The highest BCUT2D eigenvalue weighted by molar-refractivity contribution is 9.10. The van der Waals surface area contributed by atoms with Gasteiger partial charge in [-0.2, -0.15) is 0 Å². The zero-order chi connectivity index (χ0) is 10.4. The van der Waals surface area contributed by atoms with E-state index in [0.717, 1.165) is 27.7 Å². The minimum absolute atomic E-state index is 0.822. The number of benzene rings is 1. The van der Waals surface area contributed by atoms with E-state index < -0.39 is 0 Å². The van der Waals surface area contributed by atoms with Gasteiger partial charge in [-0.05, 0) is 30.5 Å². The van der Waals surface area contributed by atoms with Crippen molar-refractivity contribution in [1.82, 2.24) is 0 Å². The maximum absolute atomic E-state index is 6.07. The van der Waals surface area contributed by atoms with Gasteiger partial charge in [-0.15, -0.1) is 0 Å². The Hall–Kier alpha value is 0.210. The van der Waals surface area contributed by atoms with Gasteiger partial charge in [-0.1, -0.05) is 61.7 Å². The van der Waals surface area contributed by atoms with E-state index >= 15 is 0 Å². The molecule has 0 aromatic heterocycles. The maximum Gasteiger partial charge on any atom is 0.0452 e. The molecule has 1 aromatic rings. The van der Waals surface area contributed by atoms with Gasteiger partial charge in [0.1, 0.15) is 0 Å². The van der Waals surface area contributed by atoms with Crippen LogP contribution in [0, 0.1) is 0 Å². The predicted molar refractivity (Wildman–Crippen MR) is 70.4 cm³/mol. The number of rotatable bonds is 4. The summed E-state index contributed by atoms with van der Waals surface area (Å²) >= 11 is 12.8. The molecule has 1 aromatic carbocycles. The molecule has 0 heterocycles. The Morgan fingerprint density at radius 3 is 2.71 bits per heavy atom. The highest BCUT2D eigenvalue weighted by Crippen LogP contribution is 2.21. The molecule has 0 N–H and O–H groups in total. The number of alkyl halides is 1. The summed E-state index contributed by atoms with van der Waals surface area (Å²) in [7, 11) is 0. The molecule has 0 atom stereocenters. The molecule has 0 bridgehead atoms. The molecule has 3 heteroatoms. The maximum atomic E-state index is 6.07. The van der Waals surface area contributed by atoms with Gasteiger partial charge in [0.25, 0.3) is 0 Å². The zero-order valence-corrected chi connectivity index (χ0v) is 11.6. The van der Waals surface area contributed by atoms with Crippen LogP contribution in [0.5, 0.6) is 0 Å². The summed E-state index contributed by atoms with van der Waals surface area (Å²) in [5, 5.41) is 1.83. The van der Waals surface area contributed by atoms with Gasteiger partial charge >= 0.3 is 0 Å². The van der Waals surface area contributed by atoms with Crippen molar-refractivity contribution in [2.45, 2.75) is 12.8 Å². The van der Waals surface area contributed by atoms with E-state index in [2.05, 4.69) is 44.0 Å². The van der Waals surface area contributed by atoms with E-state index in [0.29, 0.717) is 0 Å². The fraction of sp³-hybridized carbons (Fsp3) is 0.273. The summed E-state index contributed by atoms with van der Waals surface area (Å²) in [5.74, 6) is 0. The molecule has 0 radical (unpaired) electrons. The van der Waals surface area contributed by atoms with E-state index in [9.17, 15) is 0 Å². The van der Waals surface area contributed by atoms with Crippen LogP contribution in [0.25, 0.3) is 0 Å². The smallest absolute Gasteiger partial charge is 0.0452 e. The van der Waals surface area contributed by atoms with Gasteiger partial charge in [-0.3, -0.25) is 0 Å². The molecule has 0 fully saturated rings. The van der Waals surface area contributed by atoms with Gasteiger partial charge < -0.3 is 0 Å². The van der Waals surface area contributed by atoms with Crippen molar-refractivity contribution in [1.29, 1.82) is 0 Å². The molecule has 1 rings (SSSR count). The van der Waals surface area contributed by atoms with E-state index in [1.54, 1.807) is 0 Å². The van der Waals surface area contributed by atoms with Gasteiger partial charge in [0, 0.05) is 14.8 Å². The monoisotopic (exact) mass is 336 g/mol. The molecule has 0 saturated carbocycles. The van der Waals surface area contributed by atoms with Crippen LogP contribution in [0.4, 0.5) is 0 Å². The van der Waals surface area contributed by atoms with Crippen molar-refractivity contribution in [3.8, 4) is 0 Å². The van der Waals surface area contributed by atoms with Crippen LogP contribution in [-0.2, 0) is 6.42 Å². The number of halogens is 3. The quantitative estimate of drug-likeness (QED) is 0.536. The molecule has 0 spiro atoms. The predicted octanol–water partition coefficient (Wildman–Crippen LogP) is 4.99. The fourth-order valence-electron chi connectivity index (χ4n) is 1.08. The van der Waals surface area contributed by atoms with Crippen molar-refractivity contribution in [2.75, 3.05) is 5.33 Å². The van der Waals surface area contributed by atoms with Gasteiger partial charge in [0.15, 0.2) is 0 Å². The first-order valence-corrected chi connectivity index (χ1v) is 6.68. The van der Waals surface area contributed by atoms with E-state index in [4.69, 9.17) is 11.6 Å². The highest BCUT2D eigenvalue weighted by Gasteiger charge is 1.97. The Bertz CT molecular complexity index is 321. The third kappa shape index (κ3) is 4.16. The molecule has 0 aliphatic heterocycles. The SMILES string of the molecule is Clc1cc(Br)ccc1C/C=C/CCBr. The first kappa shape index (κ1) is 12.3. The Kier molecular flexibility index (Phi) is 5.83. The average Bonchev–Trinajstić information content (AvgIpc) is 2.15. The van der Waals surface area contributed by atoms with Crippen LogP contribution in [0.1, 0.15) is 12.0 Å². The normalized spacial score (nSPS) is 11.1. The lowest BCUT2D eigenvalue weighted by molar-refractivity contribution is 1.20. The molecule has 0 aliphatic carbocycles. The van der Waals surface area contributed by atoms with Gasteiger partial charge in [0.05, 0.1) is 0 Å². The van der Waals surface area contributed by atoms with E-state index in [1.807, 2.05) is 18.2 Å². The number of hydrogen-bond acceptors (Lipinski definition) is 0. The molecular weight excluding hydrogens is 327 g/mol. The second kappa shape index (κ2) is 6.65. The zero-order valence-electron chi connectivity index (χ0n) is 7.64. The average molecular weight is 338 g/mol. The molecule has 0 nitrogen and oxygen atoms in total. The van der Waals surface area contributed by atoms with Crippen LogP contribution >= 0.6 is 43.5 Å². The minimum atomic E-state index is 0.822. The Morgan fingerprint density at radius 1 is 1.29 bits per heavy atom. The molecule has 0 amide bonds. The second-order valence-electron chi connectivity index (χ2n) is 2.89. The van der Waals surface area contributed by atoms with Crippen molar-refractivity contribution in [3.05, 3.63) is 45.4 Å². The van der Waals surface area contributed by atoms with Gasteiger partial charge in [-0.25, -0.2) is 0 Å². The Balaban J connectivity index is 2.59. The molecule has 0 aliphatic rings. The number of allylic oxidation sites excluding steroid dienone is 2. The van der Waals surface area contributed by atoms with Crippen LogP contribution in [0.2, 0.25) is 5.02 Å². The standard InChI is InChI=1S/C11H11Br2Cl/c12-7-3-1-2-4-9-5-6-10(13)8-11(9)14/h1-2,5-6,8H,3-4,7H2/b2-1+. The number of hydrogen-bond donors (Lipinski definition) is 0. The minimum Gasteiger partial charge on any atom is -0.0925 e. The summed E-state index contributed by atoms with van der Waals surface area (Å²) < 4.78 is 1.02.